The summed E-state index contributed by atoms with van der Waals surface area (Å²) in [6.07, 6.45) is 13.8. The van der Waals surface area contributed by atoms with Gasteiger partial charge in [0.25, 0.3) is 0 Å². The summed E-state index contributed by atoms with van der Waals surface area (Å²) >= 11 is 0. The molecule has 0 fully saturated rings. The van der Waals surface area contributed by atoms with Crippen molar-refractivity contribution in [3.8, 4) is 0 Å². The second kappa shape index (κ2) is 626. The van der Waals surface area contributed by atoms with Crippen molar-refractivity contribution in [3.63, 3.8) is 0 Å². The van der Waals surface area contributed by atoms with Gasteiger partial charge in [0.1, 0.15) is 0 Å². The molecular weight excluding hydrogens is 1420 g/mol. The van der Waals surface area contributed by atoms with Crippen LogP contribution in [0.5, 0.6) is 0 Å². The van der Waals surface area contributed by atoms with Gasteiger partial charge in [0.15, 0.2) is 0 Å². The van der Waals surface area contributed by atoms with Gasteiger partial charge in [-0.2, -0.15) is 0 Å². The molecule has 9 nitrogen and oxygen atoms in total. The Morgan fingerprint density at radius 1 is 0.119 bits per heavy atom. The van der Waals surface area contributed by atoms with Crippen molar-refractivity contribution < 1.29 is 0 Å². The highest BCUT2D eigenvalue weighted by Crippen LogP contribution is 1.80. The maximum Gasteiger partial charge on any atom is -0.0102 e. The maximum atomic E-state index is 2.49. The summed E-state index contributed by atoms with van der Waals surface area (Å²) in [5.41, 5.74) is 0. The molecule has 0 aliphatic rings. The fraction of sp³-hybridized carbons (Fsp3) is 1.00. The second-order valence-electron chi connectivity index (χ2n) is 18.3. The Balaban J connectivity index is -0.00000000704. The zero-order valence-corrected chi connectivity index (χ0v) is 80.1. The lowest BCUT2D eigenvalue weighted by Crippen LogP contribution is -1.99. The van der Waals surface area contributed by atoms with Crippen LogP contribution in [0.25, 0.3) is 0 Å². The van der Waals surface area contributed by atoms with E-state index in [1.54, 1.807) is 0 Å². The monoisotopic (exact) mass is 1700 g/mol. The Morgan fingerprint density at radius 2 is 0.119 bits per heavy atom. The van der Waals surface area contributed by atoms with Gasteiger partial charge in [-0.25, -0.2) is 0 Å². The first-order valence-electron chi connectivity index (χ1n) is 30.3. The first kappa shape index (κ1) is 326. The standard InChI is InChI=1S/5C3H9N.11C3H8.4C2H8NP.6CH5P.20CH4/c5*1-4(2)3;11*1-3-2;4*1-3(2)4;6*1-2;;;;;;;;;;;;;;;;;;;;/h5*1-3H3;11*3H2,1-2H3;4*4H2,1-2H3;6*2H2,1H3;20*1H4. The summed E-state index contributed by atoms with van der Waals surface area (Å²) in [6, 6.07) is 0. The zero-order valence-electron chi connectivity index (χ0n) is 68.6. The summed E-state index contributed by atoms with van der Waals surface area (Å²) < 4.78 is 7.67. The molecule has 19 heteroatoms. The van der Waals surface area contributed by atoms with Crippen LogP contribution < -0.4 is 0 Å². The van der Waals surface area contributed by atoms with Gasteiger partial charge in [0, 0.05) is 0 Å². The van der Waals surface area contributed by atoms with Gasteiger partial charge in [-0.05, 0) is 162 Å². The molecule has 0 aliphatic heterocycles. The number of rotatable bonds is 0. The lowest BCUT2D eigenvalue weighted by molar-refractivity contribution is 0.505. The molecule has 10 atom stereocenters. The molecule has 0 aromatic rings. The predicted octanol–water partition coefficient (Wildman–Crippen LogP) is 33.5. The minimum atomic E-state index is 0. The van der Waals surface area contributed by atoms with Crippen LogP contribution in [0.3, 0.4) is 0 Å². The van der Waals surface area contributed by atoms with Gasteiger partial charge >= 0.3 is 0 Å². The van der Waals surface area contributed by atoms with Crippen LogP contribution in [-0.2, 0) is 0 Å². The van der Waals surface area contributed by atoms with Crippen molar-refractivity contribution in [2.75, 3.05) is 202 Å². The van der Waals surface area contributed by atoms with Crippen molar-refractivity contribution in [2.45, 2.75) is 371 Å². The average molecular weight is 1700 g/mol. The molecule has 0 spiro atoms. The van der Waals surface area contributed by atoms with Crippen molar-refractivity contribution in [2.24, 2.45) is 0 Å². The van der Waals surface area contributed by atoms with E-state index in [4.69, 9.17) is 0 Å². The van der Waals surface area contributed by atoms with Gasteiger partial charge in [0.2, 0.25) is 0 Å². The highest BCUT2D eigenvalue weighted by molar-refractivity contribution is 7.16. The third-order valence-corrected chi connectivity index (χ3v) is 0. The van der Waals surface area contributed by atoms with Crippen LogP contribution in [-0.4, -0.2) is 245 Å². The van der Waals surface area contributed by atoms with Crippen molar-refractivity contribution >= 4 is 93.0 Å². The fourth-order valence-corrected chi connectivity index (χ4v) is 0. The van der Waals surface area contributed by atoms with Crippen LogP contribution >= 0.6 is 93.0 Å². The van der Waals surface area contributed by atoms with Crippen LogP contribution in [0.1, 0.15) is 371 Å². The van der Waals surface area contributed by atoms with E-state index in [1.807, 2.05) is 245 Å². The molecule has 0 radical (unpaired) electrons. The molecule has 0 aromatic heterocycles. The molecule has 0 aliphatic carbocycles. The van der Waals surface area contributed by atoms with E-state index >= 15 is 0 Å². The molecule has 698 valence electrons. The molecule has 0 N–H and O–H groups in total. The molecule has 10 unspecified atom stereocenters. The topological polar surface area (TPSA) is 29.2 Å². The first-order chi connectivity index (χ1) is 37.1. The van der Waals surface area contributed by atoms with Crippen LogP contribution in [0.15, 0.2) is 0 Å². The Hall–Kier alpha value is 3.94. The van der Waals surface area contributed by atoms with E-state index in [1.165, 1.54) is 70.6 Å². The predicted molar refractivity (Wildman–Crippen MR) is 596 cm³/mol. The molecule has 0 bridgehead atoms. The Morgan fingerprint density at radius 3 is 0.119 bits per heavy atom. The number of nitrogens with zero attached hydrogens (tertiary/aromatic N) is 9. The third kappa shape index (κ3) is 69600. The third-order valence-electron chi connectivity index (χ3n) is 0. The minimum absolute atomic E-state index is 0. The van der Waals surface area contributed by atoms with E-state index in [-0.39, 0.29) is 149 Å². The second-order valence-corrected chi connectivity index (χ2v) is 22.5. The van der Waals surface area contributed by atoms with Crippen LogP contribution in [0, 0.1) is 0 Å². The number of hydrogen-bond donors (Lipinski definition) is 0. The SMILES string of the molecule is C.C.C.C.C.C.C.C.C.C.C.C.C.C.C.C.C.C.C.C.CCC.CCC.CCC.CCC.CCC.CCC.CCC.CCC.CCC.CCC.CCC.CN(C)C.CN(C)C.CN(C)C.CN(C)C.CN(C)C.CN(C)P.CN(C)P.CN(C)P.CN(C)P.CP.CP.CP.CP.CP.CP. The summed E-state index contributed by atoms with van der Waals surface area (Å²) in [5.74, 6) is 0. The summed E-state index contributed by atoms with van der Waals surface area (Å²) in [4.78, 5) is 10.0. The number of hydrogen-bond acceptors (Lipinski definition) is 9. The normalized spacial score (nSPS) is 5.52. The molecule has 0 saturated carbocycles. The van der Waals surface area contributed by atoms with Gasteiger partial charge < -0.3 is 24.5 Å². The Kier molecular flexibility index (Phi) is 2020. The molecule has 0 saturated heterocycles. The van der Waals surface area contributed by atoms with Gasteiger partial charge in [-0.15, -0.1) is 55.4 Å². The Labute approximate surface area is 705 Å². The van der Waals surface area contributed by atoms with E-state index in [0.29, 0.717) is 0 Å². The smallest absolute Gasteiger partial charge is 0.0102 e. The molecule has 0 aromatic carbocycles. The fourth-order valence-electron chi connectivity index (χ4n) is 0. The van der Waals surface area contributed by atoms with Gasteiger partial charge in [-0.3, -0.25) is 18.7 Å². The van der Waals surface area contributed by atoms with E-state index in [2.05, 4.69) is 245 Å². The van der Waals surface area contributed by atoms with Crippen molar-refractivity contribution in [3.05, 3.63) is 0 Å². The van der Waals surface area contributed by atoms with E-state index in [0.717, 1.165) is 0 Å². The first-order valence-corrected chi connectivity index (χ1v) is 39.3. The van der Waals surface area contributed by atoms with Crippen LogP contribution in [0.4, 0.5) is 0 Å². The Bertz CT molecular complexity index is 322. The molecule has 101 heavy (non-hydrogen) atoms. The lowest BCUT2D eigenvalue weighted by Gasteiger charge is -1.90. The summed E-state index contributed by atoms with van der Waals surface area (Å²) in [5, 5.41) is 0. The summed E-state index contributed by atoms with van der Waals surface area (Å²) in [6.45, 7) is 58.2. The molecule has 0 heterocycles. The molecule has 0 amide bonds. The van der Waals surface area contributed by atoms with Gasteiger partial charge in [-0.1, -0.05) is 449 Å². The quantitative estimate of drug-likeness (QED) is 0.220. The maximum absolute atomic E-state index is 2.49. The highest BCUT2D eigenvalue weighted by Gasteiger charge is 1.61. The lowest BCUT2D eigenvalue weighted by atomic mass is 10.6. The van der Waals surface area contributed by atoms with Crippen molar-refractivity contribution in [1.29, 1.82) is 0 Å². The average Bonchev–Trinajstić information content (AvgIpc) is 3.29. The van der Waals surface area contributed by atoms with E-state index < -0.39 is 0 Å². The molecule has 0 rings (SSSR count). The minimum Gasteiger partial charge on any atom is -0.312 e. The van der Waals surface area contributed by atoms with Crippen LogP contribution in [0.2, 0.25) is 0 Å². The largest absolute Gasteiger partial charge is 0.312 e. The highest BCUT2D eigenvalue weighted by atomic mass is 31.0. The van der Waals surface area contributed by atoms with E-state index in [9.17, 15) is 0 Å². The van der Waals surface area contributed by atoms with Gasteiger partial charge in [0.05, 0.1) is 0 Å². The summed E-state index contributed by atoms with van der Waals surface area (Å²) in [7, 11) is 70.2. The molecular formula is C82H275N9P10. The van der Waals surface area contributed by atoms with Crippen molar-refractivity contribution in [1.82, 2.24) is 43.2 Å². The zero-order chi connectivity index (χ0) is 74.0.